The van der Waals surface area contributed by atoms with Gasteiger partial charge in [-0.3, -0.25) is 9.59 Å². The van der Waals surface area contributed by atoms with E-state index in [4.69, 9.17) is 0 Å². The van der Waals surface area contributed by atoms with E-state index < -0.39 is 0 Å². The van der Waals surface area contributed by atoms with Crippen molar-refractivity contribution in [3.63, 3.8) is 0 Å². The number of aryl methyl sites for hydroxylation is 1. The van der Waals surface area contributed by atoms with Gasteiger partial charge in [-0.15, -0.1) is 0 Å². The topological polar surface area (TPSA) is 49.4 Å². The molecular formula is C21H30N2O2. The Morgan fingerprint density at radius 3 is 2.76 bits per heavy atom. The van der Waals surface area contributed by atoms with Gasteiger partial charge in [0.2, 0.25) is 11.8 Å². The lowest BCUT2D eigenvalue weighted by molar-refractivity contribution is -0.131. The highest BCUT2D eigenvalue weighted by Crippen LogP contribution is 2.36. The van der Waals surface area contributed by atoms with Crippen LogP contribution in [0.4, 0.5) is 5.69 Å². The van der Waals surface area contributed by atoms with Crippen molar-refractivity contribution in [3.8, 4) is 0 Å². The Kier molecular flexibility index (Phi) is 5.45. The molecule has 0 aromatic heterocycles. The van der Waals surface area contributed by atoms with Gasteiger partial charge in [-0.05, 0) is 36.3 Å². The van der Waals surface area contributed by atoms with Crippen LogP contribution in [0.2, 0.25) is 0 Å². The first-order valence-electron chi connectivity index (χ1n) is 9.69. The Morgan fingerprint density at radius 2 is 2.00 bits per heavy atom. The zero-order valence-corrected chi connectivity index (χ0v) is 15.6. The van der Waals surface area contributed by atoms with Gasteiger partial charge in [0.05, 0.1) is 5.92 Å². The first kappa shape index (κ1) is 18.0. The average Bonchev–Trinajstić information content (AvgIpc) is 2.99. The third-order valence-electron chi connectivity index (χ3n) is 6.25. The fourth-order valence-electron chi connectivity index (χ4n) is 4.41. The highest BCUT2D eigenvalue weighted by atomic mass is 16.2. The maximum absolute atomic E-state index is 12.7. The summed E-state index contributed by atoms with van der Waals surface area (Å²) in [7, 11) is 0. The quantitative estimate of drug-likeness (QED) is 0.903. The smallest absolute Gasteiger partial charge is 0.229 e. The van der Waals surface area contributed by atoms with Crippen LogP contribution in [0, 0.1) is 17.8 Å². The van der Waals surface area contributed by atoms with Crippen molar-refractivity contribution in [1.82, 2.24) is 4.90 Å². The first-order chi connectivity index (χ1) is 12.0. The van der Waals surface area contributed by atoms with E-state index in [2.05, 4.69) is 26.1 Å². The second kappa shape index (κ2) is 7.59. The first-order valence-corrected chi connectivity index (χ1v) is 9.69. The summed E-state index contributed by atoms with van der Waals surface area (Å²) in [6.07, 6.45) is 4.73. The molecule has 0 bridgehead atoms. The lowest BCUT2D eigenvalue weighted by Gasteiger charge is -2.40. The van der Waals surface area contributed by atoms with E-state index in [-0.39, 0.29) is 17.7 Å². The van der Waals surface area contributed by atoms with Crippen LogP contribution in [0.5, 0.6) is 0 Å². The number of nitrogens with one attached hydrogen (secondary N) is 1. The maximum atomic E-state index is 12.7. The molecule has 3 rings (SSSR count). The standard InChI is InChI=1S/C21H30N2O2/c1-4-16-9-5-6-10-18(16)22-21(25)17-12-20(24)23(13-17)19-11-7-8-14(2)15(19)3/h5-6,9-10,14-15,17,19H,4,7-8,11-13H2,1-3H3,(H,22,25)/t14-,15-,17+,19+/m0/s1. The Hall–Kier alpha value is -1.84. The molecule has 4 heteroatoms. The lowest BCUT2D eigenvalue weighted by Crippen LogP contribution is -2.45. The molecule has 136 valence electrons. The molecule has 1 heterocycles. The van der Waals surface area contributed by atoms with Crippen molar-refractivity contribution < 1.29 is 9.59 Å². The van der Waals surface area contributed by atoms with E-state index in [9.17, 15) is 9.59 Å². The molecule has 1 aliphatic heterocycles. The second-order valence-electron chi connectivity index (χ2n) is 7.78. The van der Waals surface area contributed by atoms with Gasteiger partial charge in [0.1, 0.15) is 0 Å². The SMILES string of the molecule is CCc1ccccc1NC(=O)[C@@H]1CC(=O)N([C@@H]2CCC[C@H](C)[C@@H]2C)C1. The van der Waals surface area contributed by atoms with Gasteiger partial charge in [-0.25, -0.2) is 0 Å². The predicted molar refractivity (Wildman–Crippen MR) is 100 cm³/mol. The van der Waals surface area contributed by atoms with Gasteiger partial charge >= 0.3 is 0 Å². The summed E-state index contributed by atoms with van der Waals surface area (Å²) in [4.78, 5) is 27.3. The largest absolute Gasteiger partial charge is 0.339 e. The monoisotopic (exact) mass is 342 g/mol. The van der Waals surface area contributed by atoms with Crippen LogP contribution in [0.1, 0.15) is 52.0 Å². The van der Waals surface area contributed by atoms with Crippen molar-refractivity contribution in [1.29, 1.82) is 0 Å². The molecule has 2 amide bonds. The molecule has 0 radical (unpaired) electrons. The van der Waals surface area contributed by atoms with E-state index in [0.717, 1.165) is 24.1 Å². The minimum atomic E-state index is -0.234. The predicted octanol–water partition coefficient (Wildman–Crippen LogP) is 3.86. The summed E-state index contributed by atoms with van der Waals surface area (Å²) >= 11 is 0. The number of carbonyl (C=O) groups excluding carboxylic acids is 2. The molecule has 1 saturated heterocycles. The molecule has 4 nitrogen and oxygen atoms in total. The molecule has 2 aliphatic rings. The van der Waals surface area contributed by atoms with Crippen LogP contribution in [0.25, 0.3) is 0 Å². The van der Waals surface area contributed by atoms with Crippen molar-refractivity contribution in [2.75, 3.05) is 11.9 Å². The summed E-state index contributed by atoms with van der Waals surface area (Å²) in [6, 6.07) is 8.20. The third-order valence-corrected chi connectivity index (χ3v) is 6.25. The van der Waals surface area contributed by atoms with E-state index >= 15 is 0 Å². The van der Waals surface area contributed by atoms with Gasteiger partial charge in [-0.1, -0.05) is 51.8 Å². The van der Waals surface area contributed by atoms with Gasteiger partial charge in [-0.2, -0.15) is 0 Å². The number of amides is 2. The fourth-order valence-corrected chi connectivity index (χ4v) is 4.41. The summed E-state index contributed by atoms with van der Waals surface area (Å²) in [5.41, 5.74) is 2.01. The van der Waals surface area contributed by atoms with Crippen LogP contribution < -0.4 is 5.32 Å². The maximum Gasteiger partial charge on any atom is 0.229 e. The molecule has 1 N–H and O–H groups in total. The minimum absolute atomic E-state index is 0.0201. The Morgan fingerprint density at radius 1 is 1.24 bits per heavy atom. The van der Waals surface area contributed by atoms with Crippen molar-refractivity contribution >= 4 is 17.5 Å². The Bertz CT molecular complexity index is 643. The number of nitrogens with zero attached hydrogens (tertiary/aromatic N) is 1. The fraction of sp³-hybridized carbons (Fsp3) is 0.619. The van der Waals surface area contributed by atoms with Crippen LogP contribution in [0.15, 0.2) is 24.3 Å². The van der Waals surface area contributed by atoms with Gasteiger partial charge in [0.15, 0.2) is 0 Å². The highest BCUT2D eigenvalue weighted by molar-refractivity contribution is 5.97. The summed E-state index contributed by atoms with van der Waals surface area (Å²) in [5.74, 6) is 1.06. The van der Waals surface area contributed by atoms with Crippen LogP contribution in [-0.2, 0) is 16.0 Å². The molecule has 2 fully saturated rings. The lowest BCUT2D eigenvalue weighted by atomic mass is 9.77. The zero-order valence-electron chi connectivity index (χ0n) is 15.6. The number of benzene rings is 1. The number of hydrogen-bond acceptors (Lipinski definition) is 2. The Balaban J connectivity index is 1.66. The molecule has 1 aliphatic carbocycles. The minimum Gasteiger partial charge on any atom is -0.339 e. The van der Waals surface area contributed by atoms with Crippen LogP contribution >= 0.6 is 0 Å². The number of carbonyl (C=O) groups is 2. The summed E-state index contributed by atoms with van der Waals surface area (Å²) in [6.45, 7) is 7.19. The van der Waals surface area contributed by atoms with Gasteiger partial charge in [0, 0.05) is 24.7 Å². The van der Waals surface area contributed by atoms with Crippen molar-refractivity contribution in [2.45, 2.75) is 58.9 Å². The molecule has 1 saturated carbocycles. The van der Waals surface area contributed by atoms with E-state index in [1.807, 2.05) is 29.2 Å². The molecule has 0 unspecified atom stereocenters. The van der Waals surface area contributed by atoms with Crippen LogP contribution in [0.3, 0.4) is 0 Å². The normalized spacial score (nSPS) is 29.7. The molecule has 0 spiro atoms. The Labute approximate surface area is 151 Å². The molecule has 4 atom stereocenters. The molecule has 1 aromatic rings. The van der Waals surface area contributed by atoms with E-state index in [0.29, 0.717) is 30.8 Å². The highest BCUT2D eigenvalue weighted by Gasteiger charge is 2.41. The third kappa shape index (κ3) is 3.73. The van der Waals surface area contributed by atoms with Crippen LogP contribution in [-0.4, -0.2) is 29.3 Å². The molecular weight excluding hydrogens is 312 g/mol. The van der Waals surface area contributed by atoms with E-state index in [1.54, 1.807) is 0 Å². The van der Waals surface area contributed by atoms with Crippen molar-refractivity contribution in [3.05, 3.63) is 29.8 Å². The second-order valence-corrected chi connectivity index (χ2v) is 7.78. The number of para-hydroxylation sites is 1. The van der Waals surface area contributed by atoms with E-state index in [1.165, 1.54) is 12.8 Å². The molecule has 1 aromatic carbocycles. The summed E-state index contributed by atoms with van der Waals surface area (Å²) in [5, 5.41) is 3.05. The summed E-state index contributed by atoms with van der Waals surface area (Å²) < 4.78 is 0. The molecule has 25 heavy (non-hydrogen) atoms. The number of anilines is 1. The van der Waals surface area contributed by atoms with Gasteiger partial charge < -0.3 is 10.2 Å². The number of likely N-dealkylation sites (tertiary alicyclic amines) is 1. The number of rotatable bonds is 4. The van der Waals surface area contributed by atoms with Crippen molar-refractivity contribution in [2.24, 2.45) is 17.8 Å². The number of hydrogen-bond donors (Lipinski definition) is 1. The van der Waals surface area contributed by atoms with Gasteiger partial charge in [0.25, 0.3) is 0 Å². The average molecular weight is 342 g/mol. The zero-order chi connectivity index (χ0) is 18.0.